The van der Waals surface area contributed by atoms with Crippen LogP contribution in [0.1, 0.15) is 5.56 Å². The summed E-state index contributed by atoms with van der Waals surface area (Å²) in [5.74, 6) is 0. The molecule has 0 aliphatic carbocycles. The van der Waals surface area contributed by atoms with E-state index in [-0.39, 0.29) is 38.3 Å². The zero-order valence-electron chi connectivity index (χ0n) is 6.09. The summed E-state index contributed by atoms with van der Waals surface area (Å²) in [6, 6.07) is 4.46. The van der Waals surface area contributed by atoms with E-state index in [1.54, 1.807) is 19.3 Å². The number of hydrogen-bond donors (Lipinski definition) is 0. The van der Waals surface area contributed by atoms with Crippen molar-refractivity contribution in [3.63, 3.8) is 0 Å². The third-order valence-electron chi connectivity index (χ3n) is 1.17. The van der Waals surface area contributed by atoms with Crippen molar-refractivity contribution >= 4 is 0 Å². The molecule has 0 N–H and O–H groups in total. The molecule has 0 aromatic carbocycles. The summed E-state index contributed by atoms with van der Waals surface area (Å²) in [7, 11) is 1.71. The van der Waals surface area contributed by atoms with Crippen LogP contribution in [0.3, 0.4) is 0 Å². The molecule has 0 amide bonds. The molecule has 1 radical (unpaired) electrons. The van der Waals surface area contributed by atoms with Gasteiger partial charge in [-0.15, -0.1) is 6.07 Å². The Bertz CT molecular complexity index is 267. The quantitative estimate of drug-likeness (QED) is 0.572. The van der Waals surface area contributed by atoms with Crippen molar-refractivity contribution in [2.75, 3.05) is 0 Å². The summed E-state index contributed by atoms with van der Waals surface area (Å²) >= 11 is 0. The van der Waals surface area contributed by atoms with E-state index in [9.17, 15) is 4.79 Å². The Morgan fingerprint density at radius 3 is 2.60 bits per heavy atom. The molecule has 0 saturated carbocycles. The Labute approximate surface area is 85.1 Å². The maximum atomic E-state index is 10.8. The van der Waals surface area contributed by atoms with E-state index in [1.165, 1.54) is 4.57 Å². The molecule has 0 aliphatic rings. The first-order valence-corrected chi connectivity index (χ1v) is 2.75. The average molecular weight is 211 g/mol. The molecule has 1 rings (SSSR count). The van der Waals surface area contributed by atoms with E-state index in [0.29, 0.717) is 0 Å². The minimum absolute atomic E-state index is 0. The van der Waals surface area contributed by atoms with Crippen LogP contribution in [0.5, 0.6) is 0 Å². The van der Waals surface area contributed by atoms with Crippen LogP contribution in [0.2, 0.25) is 0 Å². The van der Waals surface area contributed by atoms with E-state index in [1.807, 2.05) is 6.92 Å². The van der Waals surface area contributed by atoms with Gasteiger partial charge in [0.05, 0.1) is 0 Å². The number of aromatic nitrogens is 1. The smallest absolute Gasteiger partial charge is 0.167 e. The van der Waals surface area contributed by atoms with Crippen LogP contribution in [0, 0.1) is 13.0 Å². The Balaban J connectivity index is 0.000000810. The van der Waals surface area contributed by atoms with Gasteiger partial charge in [0, 0.05) is 39.8 Å². The molecule has 0 atom stereocenters. The largest absolute Gasteiger partial charge is 0.352 e. The monoisotopic (exact) mass is 211 g/mol. The summed E-state index contributed by atoms with van der Waals surface area (Å²) in [4.78, 5) is 10.8. The first-order valence-electron chi connectivity index (χ1n) is 2.75. The van der Waals surface area contributed by atoms with Gasteiger partial charge in [0.2, 0.25) is 0 Å². The van der Waals surface area contributed by atoms with Crippen molar-refractivity contribution in [3.8, 4) is 0 Å². The molecule has 1 aromatic heterocycles. The summed E-state index contributed by atoms with van der Waals surface area (Å²) in [6.45, 7) is 1.85. The summed E-state index contributed by atoms with van der Waals surface area (Å²) < 4.78 is 1.49. The van der Waals surface area contributed by atoms with Crippen molar-refractivity contribution < 1.29 is 32.7 Å². The molecule has 0 fully saturated rings. The molecule has 1 heterocycles. The van der Waals surface area contributed by atoms with Gasteiger partial charge in [-0.2, -0.15) is 0 Å². The van der Waals surface area contributed by atoms with Crippen LogP contribution >= 0.6 is 0 Å². The van der Waals surface area contributed by atoms with Gasteiger partial charge in [0.25, 0.3) is 0 Å². The molecule has 0 unspecified atom stereocenters. The fourth-order valence-electron chi connectivity index (χ4n) is 0.591. The Hall–Kier alpha value is 0.0539. The van der Waals surface area contributed by atoms with E-state index in [4.69, 9.17) is 0 Å². The zero-order valence-corrected chi connectivity index (χ0v) is 8.93. The second-order valence-electron chi connectivity index (χ2n) is 2.05. The molecule has 0 spiro atoms. The zero-order chi connectivity index (χ0) is 6.85. The fourth-order valence-corrected chi connectivity index (χ4v) is 0.591. The van der Waals surface area contributed by atoms with Crippen LogP contribution in [-0.4, -0.2) is 4.57 Å². The Morgan fingerprint density at radius 2 is 2.20 bits per heavy atom. The number of nitrogens with zero attached hydrogens (tertiary/aromatic N) is 1. The molecular formula is C7H8NOY-. The van der Waals surface area contributed by atoms with Gasteiger partial charge in [0.1, 0.15) is 0 Å². The van der Waals surface area contributed by atoms with Crippen molar-refractivity contribution in [2.24, 2.45) is 7.05 Å². The number of pyridine rings is 1. The normalized spacial score (nSPS) is 8.60. The second kappa shape index (κ2) is 4.04. The number of hydrogen-bond acceptors (Lipinski definition) is 1. The third kappa shape index (κ3) is 2.35. The Morgan fingerprint density at radius 1 is 1.60 bits per heavy atom. The molecular weight excluding hydrogens is 203 g/mol. The van der Waals surface area contributed by atoms with E-state index < -0.39 is 0 Å². The Kier molecular flexibility index (Phi) is 4.06. The van der Waals surface area contributed by atoms with E-state index >= 15 is 0 Å². The molecule has 3 heteroatoms. The van der Waals surface area contributed by atoms with Crippen LogP contribution in [0.25, 0.3) is 0 Å². The number of aryl methyl sites for hydroxylation is 2. The van der Waals surface area contributed by atoms with Gasteiger partial charge in [0.15, 0.2) is 5.56 Å². The first-order chi connectivity index (χ1) is 4.20. The molecule has 1 aromatic rings. The third-order valence-corrected chi connectivity index (χ3v) is 1.17. The molecule has 2 nitrogen and oxygen atoms in total. The molecule has 0 saturated heterocycles. The summed E-state index contributed by atoms with van der Waals surface area (Å²) in [5, 5.41) is 0. The van der Waals surface area contributed by atoms with Gasteiger partial charge in [-0.25, -0.2) is 11.6 Å². The predicted octanol–water partition coefficient (Wildman–Crippen LogP) is 0.491. The van der Waals surface area contributed by atoms with Gasteiger partial charge >= 0.3 is 0 Å². The molecule has 51 valence electrons. The maximum Gasteiger partial charge on any atom is 0.167 e. The van der Waals surface area contributed by atoms with Gasteiger partial charge in [-0.1, -0.05) is 13.1 Å². The van der Waals surface area contributed by atoms with Crippen molar-refractivity contribution in [3.05, 3.63) is 34.2 Å². The van der Waals surface area contributed by atoms with Crippen LogP contribution in [-0.2, 0) is 39.8 Å². The van der Waals surface area contributed by atoms with Gasteiger partial charge in [-0.05, 0) is 0 Å². The van der Waals surface area contributed by atoms with E-state index in [0.717, 1.165) is 5.56 Å². The molecule has 0 bridgehead atoms. The standard InChI is InChI=1S/C7H8NO.Y/c1-6-3-4-8(2)7(9)5-6;/h4-5H,1-2H3;/q-1;. The SMILES string of the molecule is Cc1[c-]cn(C)c(=O)c1.[Y]. The van der Waals surface area contributed by atoms with Gasteiger partial charge < -0.3 is 4.57 Å². The minimum Gasteiger partial charge on any atom is -0.352 e. The van der Waals surface area contributed by atoms with Crippen LogP contribution in [0.4, 0.5) is 0 Å². The number of rotatable bonds is 0. The van der Waals surface area contributed by atoms with E-state index in [2.05, 4.69) is 6.07 Å². The molecule has 0 aliphatic heterocycles. The summed E-state index contributed by atoms with van der Waals surface area (Å²) in [5.41, 5.74) is 0.907. The first kappa shape index (κ1) is 10.1. The van der Waals surface area contributed by atoms with Crippen molar-refractivity contribution in [1.82, 2.24) is 4.57 Å². The maximum absolute atomic E-state index is 10.8. The predicted molar refractivity (Wildman–Crippen MR) is 35.3 cm³/mol. The van der Waals surface area contributed by atoms with Crippen molar-refractivity contribution in [1.29, 1.82) is 0 Å². The topological polar surface area (TPSA) is 22.0 Å². The summed E-state index contributed by atoms with van der Waals surface area (Å²) in [6.07, 6.45) is 1.64. The van der Waals surface area contributed by atoms with Crippen LogP contribution < -0.4 is 5.56 Å². The fraction of sp³-hybridized carbons (Fsp3) is 0.286. The minimum atomic E-state index is 0. The van der Waals surface area contributed by atoms with Crippen LogP contribution in [0.15, 0.2) is 17.1 Å². The molecule has 10 heavy (non-hydrogen) atoms. The average Bonchev–Trinajstić information content (AvgIpc) is 1.80. The second-order valence-corrected chi connectivity index (χ2v) is 2.05. The van der Waals surface area contributed by atoms with Gasteiger partial charge in [-0.3, -0.25) is 4.79 Å². The van der Waals surface area contributed by atoms with Crippen molar-refractivity contribution in [2.45, 2.75) is 6.92 Å².